The van der Waals surface area contributed by atoms with Crippen LogP contribution in [-0.4, -0.2) is 46.3 Å². The van der Waals surface area contributed by atoms with Gasteiger partial charge in [0.2, 0.25) is 11.8 Å². The first-order valence-corrected chi connectivity index (χ1v) is 7.22. The molecule has 100 valence electrons. The monoisotopic (exact) mass is 250 g/mol. The number of rotatable bonds is 1. The summed E-state index contributed by atoms with van der Waals surface area (Å²) >= 11 is 0. The molecule has 0 spiro atoms. The van der Waals surface area contributed by atoms with E-state index in [0.717, 1.165) is 38.6 Å². The van der Waals surface area contributed by atoms with Gasteiger partial charge >= 0.3 is 0 Å². The lowest BCUT2D eigenvalue weighted by molar-refractivity contribution is -0.168. The average Bonchev–Trinajstić information content (AvgIpc) is 2.34. The van der Waals surface area contributed by atoms with E-state index in [4.69, 9.17) is 0 Å². The molecule has 2 saturated heterocycles. The molecule has 0 aromatic heterocycles. The third kappa shape index (κ3) is 1.65. The number of amides is 2. The molecule has 0 N–H and O–H groups in total. The van der Waals surface area contributed by atoms with Crippen LogP contribution >= 0.6 is 0 Å². The van der Waals surface area contributed by atoms with E-state index >= 15 is 0 Å². The summed E-state index contributed by atoms with van der Waals surface area (Å²) in [6, 6.07) is -0.0850. The van der Waals surface area contributed by atoms with Crippen molar-refractivity contribution >= 4 is 11.8 Å². The molecule has 0 aromatic rings. The smallest absolute Gasteiger partial charge is 0.246 e. The number of fused-ring (bicyclic) bond motifs is 1. The van der Waals surface area contributed by atoms with Gasteiger partial charge in [-0.1, -0.05) is 6.92 Å². The second-order valence-corrected chi connectivity index (χ2v) is 6.20. The lowest BCUT2D eigenvalue weighted by atomic mass is 9.79. The second kappa shape index (κ2) is 4.25. The van der Waals surface area contributed by atoms with Crippen LogP contribution in [0.5, 0.6) is 0 Å². The molecule has 1 saturated carbocycles. The Morgan fingerprint density at radius 2 is 1.78 bits per heavy atom. The Labute approximate surface area is 108 Å². The molecular formula is C14H22N2O2. The molecule has 2 aliphatic heterocycles. The summed E-state index contributed by atoms with van der Waals surface area (Å²) in [7, 11) is 0. The lowest BCUT2D eigenvalue weighted by Gasteiger charge is -2.52. The van der Waals surface area contributed by atoms with Gasteiger partial charge in [-0.05, 0) is 44.9 Å². The van der Waals surface area contributed by atoms with Gasteiger partial charge in [-0.2, -0.15) is 0 Å². The minimum absolute atomic E-state index is 0.154. The molecular weight excluding hydrogens is 228 g/mol. The van der Waals surface area contributed by atoms with E-state index in [0.29, 0.717) is 12.0 Å². The number of hydrogen-bond acceptors (Lipinski definition) is 2. The van der Waals surface area contributed by atoms with Crippen LogP contribution in [0.15, 0.2) is 0 Å². The second-order valence-electron chi connectivity index (χ2n) is 6.20. The van der Waals surface area contributed by atoms with Crippen LogP contribution in [0.4, 0.5) is 0 Å². The molecule has 0 radical (unpaired) electrons. The fourth-order valence-corrected chi connectivity index (χ4v) is 3.76. The average molecular weight is 250 g/mol. The van der Waals surface area contributed by atoms with Crippen molar-refractivity contribution in [2.75, 3.05) is 6.54 Å². The van der Waals surface area contributed by atoms with Crippen LogP contribution in [0.3, 0.4) is 0 Å². The van der Waals surface area contributed by atoms with Crippen molar-refractivity contribution in [3.05, 3.63) is 0 Å². The Morgan fingerprint density at radius 3 is 2.44 bits per heavy atom. The molecule has 0 aromatic carbocycles. The highest BCUT2D eigenvalue weighted by Crippen LogP contribution is 2.36. The third-order valence-electron chi connectivity index (χ3n) is 4.84. The van der Waals surface area contributed by atoms with Gasteiger partial charge in [-0.15, -0.1) is 0 Å². The highest BCUT2D eigenvalue weighted by Gasteiger charge is 2.48. The number of hydrogen-bond donors (Lipinski definition) is 0. The Balaban J connectivity index is 1.82. The van der Waals surface area contributed by atoms with Crippen LogP contribution in [0.2, 0.25) is 0 Å². The minimum atomic E-state index is -0.246. The molecule has 3 fully saturated rings. The molecule has 2 heterocycles. The third-order valence-corrected chi connectivity index (χ3v) is 4.84. The van der Waals surface area contributed by atoms with Gasteiger partial charge in [-0.3, -0.25) is 9.59 Å². The maximum Gasteiger partial charge on any atom is 0.246 e. The van der Waals surface area contributed by atoms with Crippen molar-refractivity contribution in [2.24, 2.45) is 5.92 Å². The van der Waals surface area contributed by atoms with Gasteiger partial charge in [0, 0.05) is 12.6 Å². The van der Waals surface area contributed by atoms with Gasteiger partial charge in [0.05, 0.1) is 0 Å². The van der Waals surface area contributed by atoms with Crippen molar-refractivity contribution in [1.29, 1.82) is 0 Å². The van der Waals surface area contributed by atoms with E-state index in [1.54, 1.807) is 0 Å². The van der Waals surface area contributed by atoms with Crippen molar-refractivity contribution < 1.29 is 9.59 Å². The molecule has 4 heteroatoms. The van der Waals surface area contributed by atoms with E-state index in [1.165, 1.54) is 0 Å². The first-order chi connectivity index (χ1) is 8.59. The summed E-state index contributed by atoms with van der Waals surface area (Å²) in [5.74, 6) is 1.08. The Hall–Kier alpha value is -1.06. The van der Waals surface area contributed by atoms with E-state index in [9.17, 15) is 9.59 Å². The van der Waals surface area contributed by atoms with E-state index < -0.39 is 0 Å². The Morgan fingerprint density at radius 1 is 1.06 bits per heavy atom. The molecule has 2 atom stereocenters. The number of piperidine rings is 1. The van der Waals surface area contributed by atoms with E-state index in [1.807, 2.05) is 16.7 Å². The molecule has 1 aliphatic carbocycles. The van der Waals surface area contributed by atoms with Crippen molar-refractivity contribution in [3.63, 3.8) is 0 Å². The number of piperazine rings is 1. The van der Waals surface area contributed by atoms with Gasteiger partial charge < -0.3 is 9.80 Å². The predicted molar refractivity (Wildman–Crippen MR) is 67.8 cm³/mol. The van der Waals surface area contributed by atoms with Crippen LogP contribution in [0.25, 0.3) is 0 Å². The SMILES string of the molecule is CC1CC(N2C(=O)C3CCCCN3C(=O)C2C)C1. The van der Waals surface area contributed by atoms with E-state index in [2.05, 4.69) is 6.92 Å². The number of nitrogens with zero attached hydrogens (tertiary/aromatic N) is 2. The quantitative estimate of drug-likeness (QED) is 0.706. The van der Waals surface area contributed by atoms with Crippen molar-refractivity contribution in [3.8, 4) is 0 Å². The first-order valence-electron chi connectivity index (χ1n) is 7.22. The van der Waals surface area contributed by atoms with Crippen molar-refractivity contribution in [1.82, 2.24) is 9.80 Å². The maximum atomic E-state index is 12.6. The predicted octanol–water partition coefficient (Wildman–Crippen LogP) is 1.40. The highest BCUT2D eigenvalue weighted by molar-refractivity contribution is 5.97. The molecule has 3 rings (SSSR count). The molecule has 18 heavy (non-hydrogen) atoms. The van der Waals surface area contributed by atoms with Gasteiger partial charge in [0.1, 0.15) is 12.1 Å². The summed E-state index contributed by atoms with van der Waals surface area (Å²) in [5.41, 5.74) is 0. The summed E-state index contributed by atoms with van der Waals surface area (Å²) in [5, 5.41) is 0. The normalized spacial score (nSPS) is 40.6. The molecule has 0 bridgehead atoms. The number of carbonyl (C=O) groups is 2. The zero-order valence-corrected chi connectivity index (χ0v) is 11.3. The fourth-order valence-electron chi connectivity index (χ4n) is 3.76. The van der Waals surface area contributed by atoms with Crippen LogP contribution in [-0.2, 0) is 9.59 Å². The fraction of sp³-hybridized carbons (Fsp3) is 0.857. The highest BCUT2D eigenvalue weighted by atomic mass is 16.2. The Bertz CT molecular complexity index is 376. The summed E-state index contributed by atoms with van der Waals surface area (Å²) in [6.45, 7) is 4.88. The number of carbonyl (C=O) groups excluding carboxylic acids is 2. The Kier molecular flexibility index (Phi) is 2.83. The van der Waals surface area contributed by atoms with E-state index in [-0.39, 0.29) is 23.9 Å². The molecule has 2 amide bonds. The van der Waals surface area contributed by atoms with Crippen molar-refractivity contribution in [2.45, 2.75) is 64.1 Å². The van der Waals surface area contributed by atoms with Gasteiger partial charge in [-0.25, -0.2) is 0 Å². The summed E-state index contributed by atoms with van der Waals surface area (Å²) < 4.78 is 0. The van der Waals surface area contributed by atoms with Crippen LogP contribution < -0.4 is 0 Å². The first kappa shape index (κ1) is 12.0. The minimum Gasteiger partial charge on any atom is -0.329 e. The standard InChI is InChI=1S/C14H22N2O2/c1-9-7-11(8-9)16-10(2)13(17)15-6-4-3-5-12(15)14(16)18/h9-12H,3-8H2,1-2H3. The summed E-state index contributed by atoms with van der Waals surface area (Å²) in [4.78, 5) is 28.7. The molecule has 4 nitrogen and oxygen atoms in total. The molecule has 3 aliphatic rings. The zero-order valence-electron chi connectivity index (χ0n) is 11.3. The van der Waals surface area contributed by atoms with Crippen LogP contribution in [0, 0.1) is 5.92 Å². The zero-order chi connectivity index (χ0) is 12.9. The van der Waals surface area contributed by atoms with Gasteiger partial charge in [0.15, 0.2) is 0 Å². The molecule has 2 unspecified atom stereocenters. The van der Waals surface area contributed by atoms with Crippen LogP contribution in [0.1, 0.15) is 46.0 Å². The summed E-state index contributed by atoms with van der Waals surface area (Å²) in [6.07, 6.45) is 5.11. The lowest BCUT2D eigenvalue weighted by Crippen LogP contribution is -2.68. The maximum absolute atomic E-state index is 12.6. The van der Waals surface area contributed by atoms with Gasteiger partial charge in [0.25, 0.3) is 0 Å². The topological polar surface area (TPSA) is 40.6 Å². The largest absolute Gasteiger partial charge is 0.329 e.